The predicted molar refractivity (Wildman–Crippen MR) is 267 cm³/mol. The number of hydrogen-bond acceptors (Lipinski definition) is 8. The van der Waals surface area contributed by atoms with E-state index in [9.17, 15) is 30.3 Å². The first kappa shape index (κ1) is 59.9. The minimum Gasteiger partial charge on any atom is -0.394 e. The first-order chi connectivity index (χ1) is 31.3. The lowest BCUT2D eigenvalue weighted by Gasteiger charge is -2.40. The maximum atomic E-state index is 13.0. The van der Waals surface area contributed by atoms with Crippen LogP contribution in [0.1, 0.15) is 226 Å². The van der Waals surface area contributed by atoms with Crippen molar-refractivity contribution in [2.45, 2.75) is 269 Å². The van der Waals surface area contributed by atoms with Crippen molar-refractivity contribution in [2.75, 3.05) is 13.2 Å². The Morgan fingerprint density at radius 1 is 0.547 bits per heavy atom. The molecule has 372 valence electrons. The summed E-state index contributed by atoms with van der Waals surface area (Å²) >= 11 is 0. The summed E-state index contributed by atoms with van der Waals surface area (Å²) in [6.45, 7) is 3.72. The standard InChI is InChI=1S/C55H99NO8/c1-3-5-7-9-11-13-15-17-19-21-23-24-25-26-27-29-31-33-35-37-39-41-43-45-51(59)56-48(47-63-55-54(62)53(61)52(60)50(46-57)64-55)49(58)44-42-40-38-36-34-32-30-28-22-20-18-16-14-12-10-8-6-4-2/h5,7,11,13,17,19,23-24,26-27,48-50,52-55,57-58,60-62H,3-4,6,8-10,12,14-16,18,20-22,25,28-47H2,1-2H3,(H,56,59)/b7-5-,13-11-,19-17-,24-23-,27-26-. The third kappa shape index (κ3) is 34.2. The Hall–Kier alpha value is -2.11. The number of aliphatic hydroxyl groups is 5. The molecule has 7 unspecified atom stereocenters. The summed E-state index contributed by atoms with van der Waals surface area (Å²) in [6.07, 6.45) is 52.2. The first-order valence-electron chi connectivity index (χ1n) is 26.5. The van der Waals surface area contributed by atoms with E-state index in [-0.39, 0.29) is 12.5 Å². The Labute approximate surface area is 392 Å². The molecule has 1 heterocycles. The van der Waals surface area contributed by atoms with E-state index in [1.54, 1.807) is 0 Å². The zero-order valence-corrected chi connectivity index (χ0v) is 41.0. The number of carbonyl (C=O) groups excluding carboxylic acids is 1. The SMILES string of the molecule is CC/C=C\C/C=C\C/C=C\C/C=C\C/C=C\CCCCCCCCCC(=O)NC(COC1OC(CO)C(O)C(O)C1O)C(O)CCCCCCCCCCCCCCCCCCCC. The van der Waals surface area contributed by atoms with Gasteiger partial charge in [0.1, 0.15) is 24.4 Å². The highest BCUT2D eigenvalue weighted by atomic mass is 16.7. The molecule has 64 heavy (non-hydrogen) atoms. The monoisotopic (exact) mass is 902 g/mol. The van der Waals surface area contributed by atoms with Crippen LogP contribution in [0.15, 0.2) is 60.8 Å². The molecule has 1 aliphatic heterocycles. The molecule has 1 rings (SSSR count). The number of ether oxygens (including phenoxy) is 2. The largest absolute Gasteiger partial charge is 0.394 e. The lowest BCUT2D eigenvalue weighted by atomic mass is 9.99. The van der Waals surface area contributed by atoms with Gasteiger partial charge in [0.15, 0.2) is 6.29 Å². The molecule has 0 aliphatic carbocycles. The summed E-state index contributed by atoms with van der Waals surface area (Å²) in [5.41, 5.74) is 0. The second-order valence-electron chi connectivity index (χ2n) is 18.3. The Bertz CT molecular complexity index is 1180. The highest BCUT2D eigenvalue weighted by Gasteiger charge is 2.44. The molecule has 0 bridgehead atoms. The normalized spacial score (nSPS) is 20.5. The van der Waals surface area contributed by atoms with E-state index in [2.05, 4.69) is 79.9 Å². The second-order valence-corrected chi connectivity index (χ2v) is 18.3. The Morgan fingerprint density at radius 2 is 0.969 bits per heavy atom. The number of carbonyl (C=O) groups is 1. The van der Waals surface area contributed by atoms with Gasteiger partial charge in [-0.1, -0.05) is 222 Å². The van der Waals surface area contributed by atoms with Crippen LogP contribution in [0, 0.1) is 0 Å². The van der Waals surface area contributed by atoms with Gasteiger partial charge in [0.05, 0.1) is 25.4 Å². The molecule has 0 aromatic carbocycles. The van der Waals surface area contributed by atoms with Crippen LogP contribution in [0.3, 0.4) is 0 Å². The van der Waals surface area contributed by atoms with Crippen molar-refractivity contribution in [3.63, 3.8) is 0 Å². The van der Waals surface area contributed by atoms with Gasteiger partial charge in [-0.05, 0) is 57.8 Å². The van der Waals surface area contributed by atoms with E-state index in [1.165, 1.54) is 116 Å². The fourth-order valence-corrected chi connectivity index (χ4v) is 8.19. The maximum Gasteiger partial charge on any atom is 0.220 e. The molecule has 1 aliphatic rings. The molecule has 7 atom stereocenters. The minimum atomic E-state index is -1.56. The van der Waals surface area contributed by atoms with Crippen molar-refractivity contribution in [3.05, 3.63) is 60.8 Å². The Kier molecular flexibility index (Phi) is 41.9. The van der Waals surface area contributed by atoms with Crippen molar-refractivity contribution in [3.8, 4) is 0 Å². The third-order valence-corrected chi connectivity index (χ3v) is 12.4. The van der Waals surface area contributed by atoms with Crippen LogP contribution in [0.25, 0.3) is 0 Å². The van der Waals surface area contributed by atoms with Gasteiger partial charge in [-0.15, -0.1) is 0 Å². The van der Waals surface area contributed by atoms with Crippen LogP contribution in [-0.2, 0) is 14.3 Å². The zero-order chi connectivity index (χ0) is 46.6. The van der Waals surface area contributed by atoms with Gasteiger partial charge >= 0.3 is 0 Å². The van der Waals surface area contributed by atoms with E-state index >= 15 is 0 Å². The molecule has 0 spiro atoms. The number of rotatable bonds is 44. The number of allylic oxidation sites excluding steroid dienone is 10. The van der Waals surface area contributed by atoms with Gasteiger partial charge in [-0.3, -0.25) is 4.79 Å². The molecule has 9 nitrogen and oxygen atoms in total. The number of amides is 1. The average molecular weight is 902 g/mol. The highest BCUT2D eigenvalue weighted by Crippen LogP contribution is 2.23. The van der Waals surface area contributed by atoms with Crippen LogP contribution in [0.2, 0.25) is 0 Å². The molecule has 1 saturated heterocycles. The third-order valence-electron chi connectivity index (χ3n) is 12.4. The fraction of sp³-hybridized carbons (Fsp3) is 0.800. The number of aliphatic hydroxyl groups excluding tert-OH is 5. The van der Waals surface area contributed by atoms with Crippen LogP contribution < -0.4 is 5.32 Å². The number of nitrogens with one attached hydrogen (secondary N) is 1. The van der Waals surface area contributed by atoms with Crippen LogP contribution in [0.4, 0.5) is 0 Å². The lowest BCUT2D eigenvalue weighted by Crippen LogP contribution is -2.60. The zero-order valence-electron chi connectivity index (χ0n) is 41.0. The molecule has 0 aromatic rings. The Morgan fingerprint density at radius 3 is 1.44 bits per heavy atom. The number of hydrogen-bond donors (Lipinski definition) is 6. The van der Waals surface area contributed by atoms with Crippen molar-refractivity contribution in [1.82, 2.24) is 5.32 Å². The van der Waals surface area contributed by atoms with Crippen LogP contribution in [-0.4, -0.2) is 87.5 Å². The van der Waals surface area contributed by atoms with Crippen LogP contribution >= 0.6 is 0 Å². The molecular formula is C55H99NO8. The van der Waals surface area contributed by atoms with Gasteiger partial charge < -0.3 is 40.3 Å². The molecule has 6 N–H and O–H groups in total. The lowest BCUT2D eigenvalue weighted by molar-refractivity contribution is -0.302. The molecular weight excluding hydrogens is 803 g/mol. The summed E-state index contributed by atoms with van der Waals surface area (Å²) in [5, 5.41) is 54.6. The molecule has 1 fully saturated rings. The quantitative estimate of drug-likeness (QED) is 0.0262. The van der Waals surface area contributed by atoms with Crippen molar-refractivity contribution in [2.24, 2.45) is 0 Å². The molecule has 0 radical (unpaired) electrons. The van der Waals surface area contributed by atoms with Gasteiger partial charge in [0.2, 0.25) is 5.91 Å². The summed E-state index contributed by atoms with van der Waals surface area (Å²) in [7, 11) is 0. The second kappa shape index (κ2) is 44.7. The molecule has 1 amide bonds. The molecule has 9 heteroatoms. The molecule has 0 aromatic heterocycles. The Balaban J connectivity index is 2.27. The van der Waals surface area contributed by atoms with Gasteiger partial charge in [-0.25, -0.2) is 0 Å². The van der Waals surface area contributed by atoms with E-state index in [0.717, 1.165) is 83.5 Å². The highest BCUT2D eigenvalue weighted by molar-refractivity contribution is 5.76. The fourth-order valence-electron chi connectivity index (χ4n) is 8.19. The van der Waals surface area contributed by atoms with Gasteiger partial charge in [-0.2, -0.15) is 0 Å². The van der Waals surface area contributed by atoms with E-state index < -0.39 is 49.5 Å². The average Bonchev–Trinajstić information content (AvgIpc) is 3.29. The molecule has 0 saturated carbocycles. The summed E-state index contributed by atoms with van der Waals surface area (Å²) in [5.74, 6) is -0.156. The van der Waals surface area contributed by atoms with E-state index in [1.807, 2.05) is 0 Å². The smallest absolute Gasteiger partial charge is 0.220 e. The minimum absolute atomic E-state index is 0.145. The van der Waals surface area contributed by atoms with Crippen molar-refractivity contribution < 1.29 is 39.8 Å². The first-order valence-corrected chi connectivity index (χ1v) is 26.5. The van der Waals surface area contributed by atoms with Gasteiger partial charge in [0.25, 0.3) is 0 Å². The van der Waals surface area contributed by atoms with Gasteiger partial charge in [0, 0.05) is 6.42 Å². The van der Waals surface area contributed by atoms with E-state index in [4.69, 9.17) is 9.47 Å². The summed E-state index contributed by atoms with van der Waals surface area (Å²) in [4.78, 5) is 13.0. The van der Waals surface area contributed by atoms with Crippen LogP contribution in [0.5, 0.6) is 0 Å². The van der Waals surface area contributed by atoms with Crippen molar-refractivity contribution >= 4 is 5.91 Å². The topological polar surface area (TPSA) is 149 Å². The maximum absolute atomic E-state index is 13.0. The van der Waals surface area contributed by atoms with E-state index in [0.29, 0.717) is 12.8 Å². The summed E-state index contributed by atoms with van der Waals surface area (Å²) < 4.78 is 11.3. The van der Waals surface area contributed by atoms with Crippen molar-refractivity contribution in [1.29, 1.82) is 0 Å². The predicted octanol–water partition coefficient (Wildman–Crippen LogP) is 12.3. The number of unbranched alkanes of at least 4 members (excludes halogenated alkanes) is 24. The summed E-state index contributed by atoms with van der Waals surface area (Å²) in [6, 6.07) is -0.728.